The third kappa shape index (κ3) is 2.28. The summed E-state index contributed by atoms with van der Waals surface area (Å²) in [5, 5.41) is 0.263. The van der Waals surface area contributed by atoms with E-state index in [9.17, 15) is 9.18 Å². The summed E-state index contributed by atoms with van der Waals surface area (Å²) in [6.07, 6.45) is 0.434. The van der Waals surface area contributed by atoms with Gasteiger partial charge in [0.15, 0.2) is 0 Å². The highest BCUT2D eigenvalue weighted by Gasteiger charge is 2.31. The standard InChI is InChI=1S/C12H14ClFN2O/c1-7-2-11(9(13)4-10(7)14)16-6-8(5-15)3-12(16)17/h2,4,8H,3,5-6,15H2,1H3. The van der Waals surface area contributed by atoms with E-state index in [1.165, 1.54) is 6.07 Å². The number of carbonyl (C=O) groups is 1. The summed E-state index contributed by atoms with van der Waals surface area (Å²) in [6.45, 7) is 2.68. The van der Waals surface area contributed by atoms with Gasteiger partial charge in [0.1, 0.15) is 5.82 Å². The summed E-state index contributed by atoms with van der Waals surface area (Å²) in [7, 11) is 0. The minimum atomic E-state index is -0.360. The van der Waals surface area contributed by atoms with E-state index in [0.717, 1.165) is 0 Å². The monoisotopic (exact) mass is 256 g/mol. The normalized spacial score (nSPS) is 20.1. The largest absolute Gasteiger partial charge is 0.330 e. The molecule has 2 N–H and O–H groups in total. The van der Waals surface area contributed by atoms with Crippen LogP contribution in [0.3, 0.4) is 0 Å². The molecule has 1 aromatic rings. The van der Waals surface area contributed by atoms with Gasteiger partial charge in [-0.15, -0.1) is 0 Å². The van der Waals surface area contributed by atoms with Crippen LogP contribution >= 0.6 is 11.6 Å². The van der Waals surface area contributed by atoms with E-state index in [1.54, 1.807) is 17.9 Å². The highest BCUT2D eigenvalue weighted by atomic mass is 35.5. The fraction of sp³-hybridized carbons (Fsp3) is 0.417. The van der Waals surface area contributed by atoms with Gasteiger partial charge in [0.2, 0.25) is 5.91 Å². The fourth-order valence-electron chi connectivity index (χ4n) is 2.02. The summed E-state index contributed by atoms with van der Waals surface area (Å²) in [5.41, 5.74) is 6.61. The van der Waals surface area contributed by atoms with Crippen molar-refractivity contribution >= 4 is 23.2 Å². The number of amides is 1. The highest BCUT2D eigenvalue weighted by molar-refractivity contribution is 6.33. The maximum atomic E-state index is 13.3. The Balaban J connectivity index is 2.35. The first-order valence-electron chi connectivity index (χ1n) is 5.49. The van der Waals surface area contributed by atoms with Crippen LogP contribution in [0.1, 0.15) is 12.0 Å². The lowest BCUT2D eigenvalue weighted by molar-refractivity contribution is -0.117. The molecule has 1 unspecified atom stereocenters. The number of hydrogen-bond acceptors (Lipinski definition) is 2. The zero-order chi connectivity index (χ0) is 12.6. The second-order valence-corrected chi connectivity index (χ2v) is 4.77. The predicted molar refractivity (Wildman–Crippen MR) is 65.7 cm³/mol. The number of nitrogens with zero attached hydrogens (tertiary/aromatic N) is 1. The van der Waals surface area contributed by atoms with Gasteiger partial charge < -0.3 is 10.6 Å². The van der Waals surface area contributed by atoms with Gasteiger partial charge in [0.05, 0.1) is 10.7 Å². The van der Waals surface area contributed by atoms with Crippen molar-refractivity contribution in [3.05, 3.63) is 28.5 Å². The topological polar surface area (TPSA) is 46.3 Å². The van der Waals surface area contributed by atoms with E-state index in [2.05, 4.69) is 0 Å². The van der Waals surface area contributed by atoms with Crippen molar-refractivity contribution in [1.82, 2.24) is 0 Å². The molecule has 0 saturated carbocycles. The molecule has 1 aromatic carbocycles. The first-order chi connectivity index (χ1) is 8.02. The molecule has 0 aliphatic carbocycles. The molecular weight excluding hydrogens is 243 g/mol. The molecule has 0 spiro atoms. The number of benzene rings is 1. The highest BCUT2D eigenvalue weighted by Crippen LogP contribution is 2.32. The summed E-state index contributed by atoms with van der Waals surface area (Å²) < 4.78 is 13.3. The number of carbonyl (C=O) groups excluding carboxylic acids is 1. The van der Waals surface area contributed by atoms with Gasteiger partial charge >= 0.3 is 0 Å². The van der Waals surface area contributed by atoms with E-state index in [0.29, 0.717) is 30.8 Å². The first-order valence-corrected chi connectivity index (χ1v) is 5.86. The molecule has 92 valence electrons. The van der Waals surface area contributed by atoms with Crippen molar-refractivity contribution in [2.24, 2.45) is 11.7 Å². The minimum absolute atomic E-state index is 0.00615. The van der Waals surface area contributed by atoms with Crippen molar-refractivity contribution in [1.29, 1.82) is 0 Å². The van der Waals surface area contributed by atoms with Crippen LogP contribution in [0.25, 0.3) is 0 Å². The Kier molecular flexibility index (Phi) is 3.35. The Morgan fingerprint density at radius 3 is 2.88 bits per heavy atom. The molecule has 3 nitrogen and oxygen atoms in total. The number of aryl methyl sites for hydroxylation is 1. The maximum Gasteiger partial charge on any atom is 0.227 e. The molecule has 0 radical (unpaired) electrons. The van der Waals surface area contributed by atoms with Gasteiger partial charge in [0.25, 0.3) is 0 Å². The molecule has 0 aromatic heterocycles. The lowest BCUT2D eigenvalue weighted by atomic mass is 10.1. The van der Waals surface area contributed by atoms with Crippen LogP contribution < -0.4 is 10.6 Å². The Bertz CT molecular complexity index is 464. The average molecular weight is 257 g/mol. The van der Waals surface area contributed by atoms with Crippen LogP contribution in [-0.4, -0.2) is 19.0 Å². The van der Waals surface area contributed by atoms with Crippen LogP contribution in [0, 0.1) is 18.7 Å². The number of halogens is 2. The smallest absolute Gasteiger partial charge is 0.227 e. The molecule has 0 bridgehead atoms. The summed E-state index contributed by atoms with van der Waals surface area (Å²) >= 11 is 5.97. The van der Waals surface area contributed by atoms with Crippen LogP contribution in [0.2, 0.25) is 5.02 Å². The maximum absolute atomic E-state index is 13.3. The van der Waals surface area contributed by atoms with Gasteiger partial charge in [-0.1, -0.05) is 11.6 Å². The fourth-order valence-corrected chi connectivity index (χ4v) is 2.27. The lowest BCUT2D eigenvalue weighted by Gasteiger charge is -2.19. The van der Waals surface area contributed by atoms with E-state index < -0.39 is 0 Å². The molecule has 1 atom stereocenters. The molecule has 5 heteroatoms. The molecule has 1 amide bonds. The molecule has 1 fully saturated rings. The lowest BCUT2D eigenvalue weighted by Crippen LogP contribution is -2.26. The molecule has 1 aliphatic rings. The Labute approximate surface area is 104 Å². The molecule has 1 aliphatic heterocycles. The van der Waals surface area contributed by atoms with Crippen LogP contribution in [0.5, 0.6) is 0 Å². The predicted octanol–water partition coefficient (Wildman–Crippen LogP) is 2.10. The Morgan fingerprint density at radius 1 is 1.59 bits per heavy atom. The number of anilines is 1. The van der Waals surface area contributed by atoms with E-state index >= 15 is 0 Å². The van der Waals surface area contributed by atoms with Crippen molar-refractivity contribution in [2.45, 2.75) is 13.3 Å². The van der Waals surface area contributed by atoms with E-state index in [1.807, 2.05) is 0 Å². The van der Waals surface area contributed by atoms with Gasteiger partial charge in [-0.3, -0.25) is 4.79 Å². The van der Waals surface area contributed by atoms with Gasteiger partial charge in [-0.25, -0.2) is 4.39 Å². The molecule has 2 rings (SSSR count). The van der Waals surface area contributed by atoms with Crippen molar-refractivity contribution < 1.29 is 9.18 Å². The summed E-state index contributed by atoms with van der Waals surface area (Å²) in [6, 6.07) is 2.85. The van der Waals surface area contributed by atoms with Crippen LogP contribution in [-0.2, 0) is 4.79 Å². The SMILES string of the molecule is Cc1cc(N2CC(CN)CC2=O)c(Cl)cc1F. The third-order valence-corrected chi connectivity index (χ3v) is 3.36. The average Bonchev–Trinajstić information content (AvgIpc) is 2.65. The zero-order valence-corrected chi connectivity index (χ0v) is 10.3. The van der Waals surface area contributed by atoms with Crippen molar-refractivity contribution in [2.75, 3.05) is 18.0 Å². The van der Waals surface area contributed by atoms with Gasteiger partial charge in [-0.05, 0) is 37.1 Å². The molecule has 1 heterocycles. The molecule has 1 saturated heterocycles. The number of hydrogen-bond donors (Lipinski definition) is 1. The number of nitrogens with two attached hydrogens (primary N) is 1. The van der Waals surface area contributed by atoms with Crippen LogP contribution in [0.4, 0.5) is 10.1 Å². The second-order valence-electron chi connectivity index (χ2n) is 4.36. The number of rotatable bonds is 2. The van der Waals surface area contributed by atoms with Crippen LogP contribution in [0.15, 0.2) is 12.1 Å². The molecular formula is C12H14ClFN2O. The quantitative estimate of drug-likeness (QED) is 0.881. The summed E-state index contributed by atoms with van der Waals surface area (Å²) in [5.74, 6) is -0.210. The zero-order valence-electron chi connectivity index (χ0n) is 9.54. The Morgan fingerprint density at radius 2 is 2.29 bits per heavy atom. The second kappa shape index (κ2) is 4.63. The first kappa shape index (κ1) is 12.3. The van der Waals surface area contributed by atoms with E-state index in [4.69, 9.17) is 17.3 Å². The van der Waals surface area contributed by atoms with Gasteiger partial charge in [-0.2, -0.15) is 0 Å². The third-order valence-electron chi connectivity index (χ3n) is 3.06. The molecule has 17 heavy (non-hydrogen) atoms. The Hall–Kier alpha value is -1.13. The van der Waals surface area contributed by atoms with Crippen molar-refractivity contribution in [3.8, 4) is 0 Å². The van der Waals surface area contributed by atoms with Gasteiger partial charge in [0, 0.05) is 13.0 Å². The van der Waals surface area contributed by atoms with Crippen molar-refractivity contribution in [3.63, 3.8) is 0 Å². The minimum Gasteiger partial charge on any atom is -0.330 e. The summed E-state index contributed by atoms with van der Waals surface area (Å²) in [4.78, 5) is 13.4. The van der Waals surface area contributed by atoms with E-state index in [-0.39, 0.29) is 22.7 Å².